The summed E-state index contributed by atoms with van der Waals surface area (Å²) < 4.78 is 0. The van der Waals surface area contributed by atoms with Gasteiger partial charge in [0.15, 0.2) is 6.54 Å². The Kier molecular flexibility index (Phi) is 6.31. The molecule has 6 heteroatoms. The number of carbonyl (C=O) groups excluding carboxylic acids is 2. The number of nitrogens with zero attached hydrogens (tertiary/aromatic N) is 1. The molecule has 2 N–H and O–H groups in total. The first kappa shape index (κ1) is 20.1. The van der Waals surface area contributed by atoms with Crippen molar-refractivity contribution in [2.24, 2.45) is 0 Å². The highest BCUT2D eigenvalue weighted by molar-refractivity contribution is 7.14. The van der Waals surface area contributed by atoms with Crippen LogP contribution in [0.25, 0.3) is 0 Å². The molecule has 29 heavy (non-hydrogen) atoms. The third kappa shape index (κ3) is 4.70. The Morgan fingerprint density at radius 3 is 2.66 bits per heavy atom. The van der Waals surface area contributed by atoms with Crippen molar-refractivity contribution < 1.29 is 14.5 Å². The summed E-state index contributed by atoms with van der Waals surface area (Å²) in [4.78, 5) is 30.9. The Balaban J connectivity index is 1.28. The quantitative estimate of drug-likeness (QED) is 0.791. The second kappa shape index (κ2) is 9.09. The molecule has 0 saturated carbocycles. The second-order valence-corrected chi connectivity index (χ2v) is 9.18. The fourth-order valence-corrected chi connectivity index (χ4v) is 5.55. The lowest BCUT2D eigenvalue weighted by Gasteiger charge is -2.31. The average molecular weight is 413 g/mol. The Bertz CT molecular complexity index is 860. The molecule has 1 aliphatic carbocycles. The number of hydrogen-bond donors (Lipinski definition) is 2. The topological polar surface area (TPSA) is 53.9 Å². The maximum atomic E-state index is 12.9. The number of hydrogen-bond acceptors (Lipinski definition) is 3. The van der Waals surface area contributed by atoms with Crippen molar-refractivity contribution in [2.45, 2.75) is 39.0 Å². The van der Waals surface area contributed by atoms with Gasteiger partial charge >= 0.3 is 0 Å². The Labute approximate surface area is 176 Å². The minimum absolute atomic E-state index is 0.0478. The Morgan fingerprint density at radius 1 is 1.14 bits per heavy atom. The minimum Gasteiger partial charge on any atom is -0.327 e. The molecule has 0 bridgehead atoms. The molecule has 0 atom stereocenters. The van der Waals surface area contributed by atoms with E-state index in [9.17, 15) is 9.59 Å². The van der Waals surface area contributed by atoms with E-state index < -0.39 is 0 Å². The first-order valence-electron chi connectivity index (χ1n) is 10.8. The number of anilines is 1. The largest absolute Gasteiger partial charge is 0.327 e. The maximum Gasteiger partial charge on any atom is 0.279 e. The van der Waals surface area contributed by atoms with Crippen LogP contribution in [-0.2, 0) is 24.1 Å². The molecule has 5 nitrogen and oxygen atoms in total. The van der Waals surface area contributed by atoms with Crippen molar-refractivity contribution in [1.29, 1.82) is 0 Å². The Hall–Kier alpha value is -2.18. The van der Waals surface area contributed by atoms with Gasteiger partial charge in [-0.2, -0.15) is 0 Å². The van der Waals surface area contributed by atoms with Crippen LogP contribution in [0, 0.1) is 0 Å². The van der Waals surface area contributed by atoms with Crippen molar-refractivity contribution in [3.63, 3.8) is 0 Å². The maximum absolute atomic E-state index is 12.9. The molecule has 4 rings (SSSR count). The number of rotatable bonds is 5. The number of carbonyl (C=O) groups is 2. The van der Waals surface area contributed by atoms with Crippen molar-refractivity contribution >= 4 is 28.8 Å². The summed E-state index contributed by atoms with van der Waals surface area (Å²) >= 11 is 1.69. The third-order valence-corrected chi connectivity index (χ3v) is 7.27. The van der Waals surface area contributed by atoms with Crippen LogP contribution in [-0.4, -0.2) is 49.4 Å². The van der Waals surface area contributed by atoms with E-state index in [-0.39, 0.29) is 11.8 Å². The minimum atomic E-state index is 0.0478. The number of piperazine rings is 1. The smallest absolute Gasteiger partial charge is 0.279 e. The highest BCUT2D eigenvalue weighted by Gasteiger charge is 2.28. The van der Waals surface area contributed by atoms with Crippen LogP contribution in [0.5, 0.6) is 0 Å². The second-order valence-electron chi connectivity index (χ2n) is 8.04. The van der Waals surface area contributed by atoms with Gasteiger partial charge in [-0.05, 0) is 55.4 Å². The predicted octanol–water partition coefficient (Wildman–Crippen LogP) is 2.17. The number of aryl methyl sites for hydroxylation is 3. The molecule has 0 unspecified atom stereocenters. The van der Waals surface area contributed by atoms with E-state index in [0.717, 1.165) is 61.6 Å². The lowest BCUT2D eigenvalue weighted by molar-refractivity contribution is -0.895. The lowest BCUT2D eigenvalue weighted by atomic mass is 9.99. The molecule has 154 valence electrons. The standard InChI is InChI=1S/C23H29N3O2S/c1-2-17-7-3-5-9-19(17)24-22(27)16-25-11-13-26(14-12-25)23(28)21-15-18-8-4-6-10-20(18)29-21/h3,5,7,9,15H,2,4,6,8,10-14,16H2,1H3,(H,24,27)/p+1. The summed E-state index contributed by atoms with van der Waals surface area (Å²) in [6.45, 7) is 5.62. The van der Waals surface area contributed by atoms with Crippen molar-refractivity contribution in [3.8, 4) is 0 Å². The molecule has 0 spiro atoms. The van der Waals surface area contributed by atoms with Crippen LogP contribution >= 0.6 is 11.3 Å². The monoisotopic (exact) mass is 412 g/mol. The zero-order valence-electron chi connectivity index (χ0n) is 17.1. The van der Waals surface area contributed by atoms with E-state index in [0.29, 0.717) is 6.54 Å². The number of amides is 2. The van der Waals surface area contributed by atoms with E-state index in [1.165, 1.54) is 28.2 Å². The predicted molar refractivity (Wildman–Crippen MR) is 117 cm³/mol. The van der Waals surface area contributed by atoms with Crippen molar-refractivity contribution in [3.05, 3.63) is 51.2 Å². The van der Waals surface area contributed by atoms with Gasteiger partial charge in [-0.3, -0.25) is 9.59 Å². The van der Waals surface area contributed by atoms with Gasteiger partial charge in [0, 0.05) is 10.6 Å². The van der Waals surface area contributed by atoms with Gasteiger partial charge in [-0.25, -0.2) is 0 Å². The fourth-order valence-electron chi connectivity index (χ4n) is 4.33. The van der Waals surface area contributed by atoms with Crippen LogP contribution in [0.3, 0.4) is 0 Å². The van der Waals surface area contributed by atoms with E-state index in [1.54, 1.807) is 11.3 Å². The summed E-state index contributed by atoms with van der Waals surface area (Å²) in [6, 6.07) is 10.1. The normalized spacial score (nSPS) is 17.1. The zero-order chi connectivity index (χ0) is 20.2. The number of thiophene rings is 1. The fraction of sp³-hybridized carbons (Fsp3) is 0.478. The molecular weight excluding hydrogens is 382 g/mol. The molecule has 0 radical (unpaired) electrons. The van der Waals surface area contributed by atoms with E-state index in [1.807, 2.05) is 23.1 Å². The van der Waals surface area contributed by atoms with Crippen molar-refractivity contribution in [1.82, 2.24) is 4.90 Å². The van der Waals surface area contributed by atoms with Crippen LogP contribution < -0.4 is 10.2 Å². The summed E-state index contributed by atoms with van der Waals surface area (Å²) in [5, 5.41) is 3.06. The first-order chi connectivity index (χ1) is 14.1. The van der Waals surface area contributed by atoms with E-state index >= 15 is 0 Å². The van der Waals surface area contributed by atoms with Gasteiger partial charge in [0.2, 0.25) is 0 Å². The molecule has 2 aliphatic rings. The molecule has 1 aromatic heterocycles. The molecule has 2 aromatic rings. The number of fused-ring (bicyclic) bond motifs is 1. The first-order valence-corrected chi connectivity index (χ1v) is 11.6. The van der Waals surface area contributed by atoms with Crippen LogP contribution in [0.1, 0.15) is 45.4 Å². The molecule has 1 aromatic carbocycles. The third-order valence-electron chi connectivity index (χ3n) is 6.05. The van der Waals surface area contributed by atoms with Gasteiger partial charge in [0.05, 0.1) is 31.1 Å². The van der Waals surface area contributed by atoms with Crippen LogP contribution in [0.2, 0.25) is 0 Å². The average Bonchev–Trinajstić information content (AvgIpc) is 3.18. The SMILES string of the molecule is CCc1ccccc1NC(=O)C[NH+]1CCN(C(=O)c2cc3c(s2)CCCC3)CC1. The van der Waals surface area contributed by atoms with Crippen LogP contribution in [0.15, 0.2) is 30.3 Å². The summed E-state index contributed by atoms with van der Waals surface area (Å²) in [5.74, 6) is 0.219. The summed E-state index contributed by atoms with van der Waals surface area (Å²) in [6.07, 6.45) is 5.63. The molecule has 1 fully saturated rings. The van der Waals surface area contributed by atoms with E-state index in [4.69, 9.17) is 0 Å². The summed E-state index contributed by atoms with van der Waals surface area (Å²) in [5.41, 5.74) is 3.46. The zero-order valence-corrected chi connectivity index (χ0v) is 17.9. The van der Waals surface area contributed by atoms with Gasteiger partial charge < -0.3 is 15.1 Å². The summed E-state index contributed by atoms with van der Waals surface area (Å²) in [7, 11) is 0. The molecular formula is C23H30N3O2S+. The number of quaternary nitrogens is 1. The number of para-hydroxylation sites is 1. The van der Waals surface area contributed by atoms with E-state index in [2.05, 4.69) is 24.4 Å². The molecule has 1 aliphatic heterocycles. The lowest BCUT2D eigenvalue weighted by Crippen LogP contribution is -3.15. The highest BCUT2D eigenvalue weighted by atomic mass is 32.1. The molecule has 2 amide bonds. The van der Waals surface area contributed by atoms with Crippen molar-refractivity contribution in [2.75, 3.05) is 38.0 Å². The van der Waals surface area contributed by atoms with Gasteiger partial charge in [0.25, 0.3) is 11.8 Å². The van der Waals surface area contributed by atoms with Crippen LogP contribution in [0.4, 0.5) is 5.69 Å². The van der Waals surface area contributed by atoms with Gasteiger partial charge in [-0.1, -0.05) is 25.1 Å². The molecule has 1 saturated heterocycles. The molecule has 2 heterocycles. The number of nitrogens with one attached hydrogen (secondary N) is 2. The highest BCUT2D eigenvalue weighted by Crippen LogP contribution is 2.30. The number of benzene rings is 1. The van der Waals surface area contributed by atoms with Gasteiger partial charge in [-0.15, -0.1) is 11.3 Å². The Morgan fingerprint density at radius 2 is 1.90 bits per heavy atom. The van der Waals surface area contributed by atoms with Gasteiger partial charge in [0.1, 0.15) is 0 Å².